The Labute approximate surface area is 147 Å². The van der Waals surface area contributed by atoms with Gasteiger partial charge < -0.3 is 9.64 Å². The Kier molecular flexibility index (Phi) is 5.75. The number of Topliss-reactive ketones (excluding diaryl/α,β-unsaturated/α-hetero) is 2. The van der Waals surface area contributed by atoms with E-state index in [9.17, 15) is 9.59 Å². The first-order valence-electron chi connectivity index (χ1n) is 9.24. The Bertz CT molecular complexity index is 539. The largest absolute Gasteiger partial charge is 0.378 e. The maximum absolute atomic E-state index is 13.3. The van der Waals surface area contributed by atoms with Crippen LogP contribution in [-0.2, 0) is 14.3 Å². The van der Waals surface area contributed by atoms with Crippen molar-refractivity contribution in [3.63, 3.8) is 0 Å². The summed E-state index contributed by atoms with van der Waals surface area (Å²) in [5.41, 5.74) is 1.55. The first-order chi connectivity index (χ1) is 11.1. The van der Waals surface area contributed by atoms with Crippen molar-refractivity contribution < 1.29 is 14.3 Å². The molecule has 2 rings (SSSR count). The van der Waals surface area contributed by atoms with Gasteiger partial charge in [0.2, 0.25) is 0 Å². The smallest absolute Gasteiger partial charge is 0.169 e. The lowest BCUT2D eigenvalue weighted by Gasteiger charge is -2.41. The lowest BCUT2D eigenvalue weighted by molar-refractivity contribution is -0.121. The highest BCUT2D eigenvalue weighted by molar-refractivity contribution is 6.85. The van der Waals surface area contributed by atoms with E-state index in [4.69, 9.17) is 4.74 Å². The molecule has 1 fully saturated rings. The van der Waals surface area contributed by atoms with Crippen LogP contribution in [0.3, 0.4) is 0 Å². The number of morpholine rings is 1. The number of rotatable bonds is 5. The summed E-state index contributed by atoms with van der Waals surface area (Å²) in [6.07, 6.45) is 2.01. The third-order valence-corrected chi connectivity index (χ3v) is 12.3. The highest BCUT2D eigenvalue weighted by atomic mass is 28.3. The number of allylic oxidation sites excluding steroid dienone is 2. The van der Waals surface area contributed by atoms with Gasteiger partial charge in [0.25, 0.3) is 0 Å². The molecule has 0 radical (unpaired) electrons. The fourth-order valence-electron chi connectivity index (χ4n) is 3.58. The van der Waals surface area contributed by atoms with Gasteiger partial charge in [0, 0.05) is 30.7 Å². The molecule has 0 amide bonds. The van der Waals surface area contributed by atoms with Crippen LogP contribution in [0.15, 0.2) is 11.3 Å². The van der Waals surface area contributed by atoms with Crippen LogP contribution >= 0.6 is 0 Å². The summed E-state index contributed by atoms with van der Waals surface area (Å²) < 4.78 is 5.45. The van der Waals surface area contributed by atoms with Crippen LogP contribution in [0.4, 0.5) is 0 Å². The number of nitrogens with zero attached hydrogens (tertiary/aromatic N) is 1. The topological polar surface area (TPSA) is 46.6 Å². The van der Waals surface area contributed by atoms with E-state index in [1.165, 1.54) is 0 Å². The summed E-state index contributed by atoms with van der Waals surface area (Å²) in [5, 5.41) is 0.132. The maximum Gasteiger partial charge on any atom is 0.169 e. The van der Waals surface area contributed by atoms with Gasteiger partial charge in [-0.1, -0.05) is 40.8 Å². The molecule has 24 heavy (non-hydrogen) atoms. The van der Waals surface area contributed by atoms with E-state index >= 15 is 0 Å². The number of ketones is 2. The standard InChI is InChI=1S/C19H33NO3Si/c1-7-8-15(21)17-14(20-9-11-23-12-10-20)13-16(18(17)22)24(5,6)19(2,3)4/h16H,7-13H2,1-6H3. The van der Waals surface area contributed by atoms with E-state index in [0.29, 0.717) is 25.2 Å². The van der Waals surface area contributed by atoms with E-state index in [2.05, 4.69) is 38.8 Å². The van der Waals surface area contributed by atoms with Crippen LogP contribution in [-0.4, -0.2) is 50.8 Å². The summed E-state index contributed by atoms with van der Waals surface area (Å²) in [6.45, 7) is 16.3. The Balaban J connectivity index is 2.38. The molecule has 4 nitrogen and oxygen atoms in total. The number of hydrogen-bond acceptors (Lipinski definition) is 4. The van der Waals surface area contributed by atoms with Gasteiger partial charge in [0.1, 0.15) is 0 Å². The zero-order valence-electron chi connectivity index (χ0n) is 16.2. The molecule has 0 bridgehead atoms. The van der Waals surface area contributed by atoms with Crippen LogP contribution in [0.5, 0.6) is 0 Å². The van der Waals surface area contributed by atoms with Crippen LogP contribution < -0.4 is 0 Å². The molecule has 0 spiro atoms. The molecule has 0 aromatic heterocycles. The summed E-state index contributed by atoms with van der Waals surface area (Å²) >= 11 is 0. The van der Waals surface area contributed by atoms with Crippen LogP contribution in [0.2, 0.25) is 23.7 Å². The first kappa shape index (κ1) is 19.4. The van der Waals surface area contributed by atoms with Crippen molar-refractivity contribution in [3.05, 3.63) is 11.3 Å². The Morgan fingerprint density at radius 2 is 1.83 bits per heavy atom. The molecule has 0 saturated carbocycles. The lowest BCUT2D eigenvalue weighted by Crippen LogP contribution is -2.44. The SMILES string of the molecule is CCCC(=O)C1=C(N2CCOCC2)CC([Si](C)(C)C(C)(C)C)C1=O. The molecule has 0 N–H and O–H groups in total. The maximum atomic E-state index is 13.3. The number of carbonyl (C=O) groups is 2. The Hall–Kier alpha value is -0.943. The number of carbonyl (C=O) groups excluding carboxylic acids is 2. The molecule has 1 heterocycles. The van der Waals surface area contributed by atoms with Crippen molar-refractivity contribution in [2.75, 3.05) is 26.3 Å². The van der Waals surface area contributed by atoms with E-state index < -0.39 is 8.07 Å². The minimum Gasteiger partial charge on any atom is -0.378 e. The zero-order chi connectivity index (χ0) is 18.1. The molecule has 1 atom stereocenters. The molecule has 1 aliphatic heterocycles. The van der Waals surface area contributed by atoms with Gasteiger partial charge in [-0.05, 0) is 17.9 Å². The van der Waals surface area contributed by atoms with E-state index in [0.717, 1.165) is 31.6 Å². The fraction of sp³-hybridized carbons (Fsp3) is 0.789. The molecule has 0 aromatic rings. The second kappa shape index (κ2) is 7.12. The first-order valence-corrected chi connectivity index (χ1v) is 12.3. The van der Waals surface area contributed by atoms with Crippen molar-refractivity contribution in [2.24, 2.45) is 0 Å². The minimum atomic E-state index is -1.85. The molecule has 0 aromatic carbocycles. The van der Waals surface area contributed by atoms with Crippen molar-refractivity contribution >= 4 is 19.6 Å². The summed E-state index contributed by atoms with van der Waals surface area (Å²) in [4.78, 5) is 28.2. The van der Waals surface area contributed by atoms with Gasteiger partial charge in [-0.15, -0.1) is 0 Å². The summed E-state index contributed by atoms with van der Waals surface area (Å²) in [5.74, 6) is 0.173. The molecular formula is C19H33NO3Si. The second-order valence-corrected chi connectivity index (χ2v) is 14.3. The third-order valence-electron chi connectivity index (χ3n) is 6.20. The zero-order valence-corrected chi connectivity index (χ0v) is 17.2. The highest BCUT2D eigenvalue weighted by Crippen LogP contribution is 2.50. The Morgan fingerprint density at radius 1 is 1.25 bits per heavy atom. The monoisotopic (exact) mass is 351 g/mol. The average Bonchev–Trinajstić information content (AvgIpc) is 2.85. The number of hydrogen-bond donors (Lipinski definition) is 0. The fourth-order valence-corrected chi connectivity index (χ4v) is 6.13. The van der Waals surface area contributed by atoms with Gasteiger partial charge in [0.05, 0.1) is 26.9 Å². The van der Waals surface area contributed by atoms with Gasteiger partial charge in [0.15, 0.2) is 11.6 Å². The molecule has 1 saturated heterocycles. The average molecular weight is 352 g/mol. The van der Waals surface area contributed by atoms with Crippen LogP contribution in [0.1, 0.15) is 47.0 Å². The molecule has 2 aliphatic rings. The van der Waals surface area contributed by atoms with E-state index in [1.54, 1.807) is 0 Å². The van der Waals surface area contributed by atoms with Gasteiger partial charge in [-0.3, -0.25) is 9.59 Å². The van der Waals surface area contributed by atoms with Crippen molar-refractivity contribution in [3.8, 4) is 0 Å². The second-order valence-electron chi connectivity index (χ2n) is 8.69. The van der Waals surface area contributed by atoms with Crippen molar-refractivity contribution in [2.45, 2.75) is 70.6 Å². The normalized spacial score (nSPS) is 23.2. The van der Waals surface area contributed by atoms with Gasteiger partial charge in [-0.2, -0.15) is 0 Å². The third kappa shape index (κ3) is 3.52. The molecule has 1 aliphatic carbocycles. The minimum absolute atomic E-state index is 0.0196. The van der Waals surface area contributed by atoms with Crippen molar-refractivity contribution in [1.29, 1.82) is 0 Å². The van der Waals surface area contributed by atoms with E-state index in [-0.39, 0.29) is 22.1 Å². The van der Waals surface area contributed by atoms with Crippen molar-refractivity contribution in [1.82, 2.24) is 4.90 Å². The summed E-state index contributed by atoms with van der Waals surface area (Å²) in [6, 6.07) is 0. The highest BCUT2D eigenvalue weighted by Gasteiger charge is 2.51. The molecular weight excluding hydrogens is 318 g/mol. The van der Waals surface area contributed by atoms with Gasteiger partial charge in [-0.25, -0.2) is 0 Å². The van der Waals surface area contributed by atoms with Crippen LogP contribution in [0.25, 0.3) is 0 Å². The summed E-state index contributed by atoms with van der Waals surface area (Å²) in [7, 11) is -1.85. The predicted octanol–water partition coefficient (Wildman–Crippen LogP) is 3.79. The van der Waals surface area contributed by atoms with Gasteiger partial charge >= 0.3 is 0 Å². The molecule has 136 valence electrons. The molecule has 5 heteroatoms. The lowest BCUT2D eigenvalue weighted by atomic mass is 10.0. The van der Waals surface area contributed by atoms with E-state index in [1.807, 2.05) is 6.92 Å². The molecule has 1 unspecified atom stereocenters. The Morgan fingerprint density at radius 3 is 2.33 bits per heavy atom. The van der Waals surface area contributed by atoms with Crippen LogP contribution in [0, 0.1) is 0 Å². The predicted molar refractivity (Wildman–Crippen MR) is 99.9 cm³/mol. The number of ether oxygens (including phenoxy) is 1. The quantitative estimate of drug-likeness (QED) is 0.558.